The Morgan fingerprint density at radius 1 is 0.931 bits per heavy atom. The van der Waals surface area contributed by atoms with Gasteiger partial charge < -0.3 is 4.90 Å². The van der Waals surface area contributed by atoms with Gasteiger partial charge in [-0.1, -0.05) is 6.07 Å². The van der Waals surface area contributed by atoms with Gasteiger partial charge >= 0.3 is 0 Å². The predicted molar refractivity (Wildman–Crippen MR) is 103 cm³/mol. The molecule has 3 heterocycles. The highest BCUT2D eigenvalue weighted by Crippen LogP contribution is 2.27. The molecule has 5 rings (SSSR count). The van der Waals surface area contributed by atoms with Crippen molar-refractivity contribution in [1.29, 1.82) is 0 Å². The molecule has 0 aliphatic carbocycles. The second-order valence-corrected chi connectivity index (χ2v) is 6.98. The van der Waals surface area contributed by atoms with Gasteiger partial charge in [0.2, 0.25) is 0 Å². The van der Waals surface area contributed by atoms with Crippen LogP contribution in [-0.2, 0) is 0 Å². The third kappa shape index (κ3) is 3.42. The van der Waals surface area contributed by atoms with E-state index in [-0.39, 0.29) is 6.04 Å². The van der Waals surface area contributed by atoms with Crippen LogP contribution in [-0.4, -0.2) is 68.3 Å². The molecule has 148 valence electrons. The van der Waals surface area contributed by atoms with E-state index in [1.54, 1.807) is 11.0 Å². The fourth-order valence-electron chi connectivity index (χ4n) is 3.79. The average Bonchev–Trinajstić information content (AvgIpc) is 3.47. The zero-order valence-electron chi connectivity index (χ0n) is 15.6. The van der Waals surface area contributed by atoms with Crippen molar-refractivity contribution in [3.63, 3.8) is 0 Å². The molecule has 1 aliphatic heterocycles. The Kier molecular flexibility index (Phi) is 4.60. The number of halogens is 1. The topological polar surface area (TPSA) is 89.0 Å². The summed E-state index contributed by atoms with van der Waals surface area (Å²) in [6, 6.07) is 13.4. The third-order valence-corrected chi connectivity index (χ3v) is 5.39. The van der Waals surface area contributed by atoms with E-state index >= 15 is 0 Å². The van der Waals surface area contributed by atoms with E-state index in [9.17, 15) is 4.39 Å². The minimum atomic E-state index is -0.447. The van der Waals surface area contributed by atoms with Crippen molar-refractivity contribution in [3.05, 3.63) is 54.4 Å². The molecule has 10 heteroatoms. The van der Waals surface area contributed by atoms with Crippen LogP contribution < -0.4 is 4.90 Å². The van der Waals surface area contributed by atoms with Gasteiger partial charge in [-0.2, -0.15) is 0 Å². The van der Waals surface area contributed by atoms with Crippen molar-refractivity contribution in [2.24, 2.45) is 0 Å². The maximum Gasteiger partial charge on any atom is 0.143 e. The number of tetrazole rings is 1. The smallest absolute Gasteiger partial charge is 0.143 e. The summed E-state index contributed by atoms with van der Waals surface area (Å²) in [4.78, 5) is 4.49. The number of anilines is 1. The average molecular weight is 394 g/mol. The molecule has 1 saturated heterocycles. The van der Waals surface area contributed by atoms with Crippen LogP contribution in [0.1, 0.15) is 11.6 Å². The van der Waals surface area contributed by atoms with Crippen LogP contribution in [0, 0.1) is 0 Å². The summed E-state index contributed by atoms with van der Waals surface area (Å²) in [5.74, 6) is 0. The Balaban J connectivity index is 1.26. The quantitative estimate of drug-likeness (QED) is 0.508. The summed E-state index contributed by atoms with van der Waals surface area (Å²) >= 11 is 0. The fourth-order valence-corrected chi connectivity index (χ4v) is 3.79. The molecule has 0 radical (unpaired) electrons. The third-order valence-electron chi connectivity index (χ3n) is 5.39. The molecule has 9 nitrogen and oxygen atoms in total. The van der Waals surface area contributed by atoms with E-state index < -0.39 is 6.67 Å². The van der Waals surface area contributed by atoms with Crippen molar-refractivity contribution in [2.75, 3.05) is 37.8 Å². The standard InChI is InChI=1S/C19H19FN8O/c20-12-19(14-1-6-17-18(11-14)23-29-22-17)27-9-7-26(8-10-27)15-2-4-16(5-3-15)28-13-21-24-25-28/h1-6,11,13,19H,7-10,12H2. The van der Waals surface area contributed by atoms with Crippen molar-refractivity contribution in [1.82, 2.24) is 35.4 Å². The number of hydrogen-bond acceptors (Lipinski definition) is 8. The molecule has 1 aliphatic rings. The van der Waals surface area contributed by atoms with Crippen LogP contribution in [0.4, 0.5) is 10.1 Å². The number of alkyl halides is 1. The largest absolute Gasteiger partial charge is 0.369 e. The summed E-state index contributed by atoms with van der Waals surface area (Å²) in [7, 11) is 0. The van der Waals surface area contributed by atoms with Crippen LogP contribution in [0.25, 0.3) is 16.7 Å². The number of rotatable bonds is 5. The normalized spacial score (nSPS) is 16.4. The van der Waals surface area contributed by atoms with Gasteiger partial charge in [0.1, 0.15) is 24.0 Å². The van der Waals surface area contributed by atoms with Gasteiger partial charge in [0.05, 0.1) is 11.7 Å². The monoisotopic (exact) mass is 394 g/mol. The Bertz CT molecular complexity index is 1070. The predicted octanol–water partition coefficient (Wildman–Crippen LogP) is 2.03. The number of hydrogen-bond donors (Lipinski definition) is 0. The Labute approximate surface area is 165 Å². The zero-order valence-corrected chi connectivity index (χ0v) is 15.6. The van der Waals surface area contributed by atoms with Gasteiger partial charge in [0.15, 0.2) is 0 Å². The summed E-state index contributed by atoms with van der Waals surface area (Å²) in [5.41, 5.74) is 4.28. The first-order valence-electron chi connectivity index (χ1n) is 9.42. The van der Waals surface area contributed by atoms with E-state index in [0.717, 1.165) is 43.1 Å². The van der Waals surface area contributed by atoms with Crippen molar-refractivity contribution < 1.29 is 9.02 Å². The second kappa shape index (κ2) is 7.55. The number of aromatic nitrogens is 6. The molecule has 2 aromatic carbocycles. The first-order chi connectivity index (χ1) is 14.3. The van der Waals surface area contributed by atoms with Gasteiger partial charge in [-0.3, -0.25) is 4.90 Å². The van der Waals surface area contributed by atoms with Crippen LogP contribution in [0.3, 0.4) is 0 Å². The Hall–Kier alpha value is -3.40. The summed E-state index contributed by atoms with van der Waals surface area (Å²) in [5, 5.41) is 18.9. The highest BCUT2D eigenvalue weighted by Gasteiger charge is 2.26. The molecular weight excluding hydrogens is 375 g/mol. The molecule has 4 aromatic rings. The minimum Gasteiger partial charge on any atom is -0.369 e. The lowest BCUT2D eigenvalue weighted by Gasteiger charge is -2.39. The molecule has 1 atom stereocenters. The summed E-state index contributed by atoms with van der Waals surface area (Å²) in [6.07, 6.45) is 1.57. The highest BCUT2D eigenvalue weighted by atomic mass is 19.1. The van der Waals surface area contributed by atoms with Gasteiger partial charge in [0.25, 0.3) is 0 Å². The zero-order chi connectivity index (χ0) is 19.6. The first kappa shape index (κ1) is 17.7. The number of piperazine rings is 1. The number of nitrogens with zero attached hydrogens (tertiary/aromatic N) is 8. The number of benzene rings is 2. The van der Waals surface area contributed by atoms with Crippen LogP contribution in [0.2, 0.25) is 0 Å². The van der Waals surface area contributed by atoms with E-state index in [4.69, 9.17) is 4.63 Å². The second-order valence-electron chi connectivity index (χ2n) is 6.98. The van der Waals surface area contributed by atoms with E-state index in [0.29, 0.717) is 11.0 Å². The molecular formula is C19H19FN8O. The van der Waals surface area contributed by atoms with Crippen molar-refractivity contribution >= 4 is 16.7 Å². The van der Waals surface area contributed by atoms with Gasteiger partial charge in [-0.25, -0.2) is 13.7 Å². The van der Waals surface area contributed by atoms with Gasteiger partial charge in [-0.05, 0) is 62.7 Å². The Morgan fingerprint density at radius 3 is 2.41 bits per heavy atom. The molecule has 0 saturated carbocycles. The molecule has 1 fully saturated rings. The summed E-state index contributed by atoms with van der Waals surface area (Å²) in [6.45, 7) is 2.76. The van der Waals surface area contributed by atoms with Crippen molar-refractivity contribution in [3.8, 4) is 5.69 Å². The fraction of sp³-hybridized carbons (Fsp3) is 0.316. The lowest BCUT2D eigenvalue weighted by atomic mass is 10.0. The molecule has 1 unspecified atom stereocenters. The maximum atomic E-state index is 13.9. The van der Waals surface area contributed by atoms with Crippen LogP contribution in [0.5, 0.6) is 0 Å². The lowest BCUT2D eigenvalue weighted by Crippen LogP contribution is -2.48. The molecule has 2 aromatic heterocycles. The molecule has 0 N–H and O–H groups in total. The number of fused-ring (bicyclic) bond motifs is 1. The van der Waals surface area contributed by atoms with E-state index in [1.165, 1.54) is 0 Å². The van der Waals surface area contributed by atoms with E-state index in [1.807, 2.05) is 30.3 Å². The molecule has 0 amide bonds. The maximum absolute atomic E-state index is 13.9. The van der Waals surface area contributed by atoms with Crippen LogP contribution in [0.15, 0.2) is 53.4 Å². The molecule has 0 spiro atoms. The lowest BCUT2D eigenvalue weighted by molar-refractivity contribution is 0.157. The first-order valence-corrected chi connectivity index (χ1v) is 9.42. The van der Waals surface area contributed by atoms with Gasteiger partial charge in [-0.15, -0.1) is 5.10 Å². The summed E-state index contributed by atoms with van der Waals surface area (Å²) < 4.78 is 20.3. The van der Waals surface area contributed by atoms with Gasteiger partial charge in [0, 0.05) is 31.9 Å². The minimum absolute atomic E-state index is 0.291. The SMILES string of the molecule is FCC(c1ccc2nonc2c1)N1CCN(c2ccc(-n3cnnn3)cc2)CC1. The molecule has 29 heavy (non-hydrogen) atoms. The van der Waals surface area contributed by atoms with Crippen molar-refractivity contribution in [2.45, 2.75) is 6.04 Å². The molecule has 0 bridgehead atoms. The van der Waals surface area contributed by atoms with E-state index in [2.05, 4.69) is 47.8 Å². The Morgan fingerprint density at radius 2 is 1.69 bits per heavy atom. The highest BCUT2D eigenvalue weighted by molar-refractivity contribution is 5.73. The van der Waals surface area contributed by atoms with Crippen LogP contribution >= 0.6 is 0 Å².